The predicted molar refractivity (Wildman–Crippen MR) is 80.4 cm³/mol. The van der Waals surface area contributed by atoms with Gasteiger partial charge in [0.1, 0.15) is 0 Å². The second-order valence-corrected chi connectivity index (χ2v) is 5.31. The van der Waals surface area contributed by atoms with Crippen molar-refractivity contribution in [3.8, 4) is 0 Å². The van der Waals surface area contributed by atoms with Crippen molar-refractivity contribution in [2.75, 3.05) is 0 Å². The molecule has 0 atom stereocenters. The maximum atomic E-state index is 3.30. The quantitative estimate of drug-likeness (QED) is 0.637. The van der Waals surface area contributed by atoms with Crippen LogP contribution in [0.1, 0.15) is 30.9 Å². The first-order valence-corrected chi connectivity index (χ1v) is 6.78. The molecule has 0 spiro atoms. The Morgan fingerprint density at radius 2 is 1.74 bits per heavy atom. The number of hydrogen-bond donors (Lipinski definition) is 0. The average Bonchev–Trinajstić information content (AvgIpc) is 2.83. The van der Waals surface area contributed by atoms with Crippen molar-refractivity contribution < 1.29 is 0 Å². The van der Waals surface area contributed by atoms with E-state index in [1.807, 2.05) is 6.20 Å². The summed E-state index contributed by atoms with van der Waals surface area (Å²) in [4.78, 5) is 0. The van der Waals surface area contributed by atoms with E-state index < -0.39 is 0 Å². The van der Waals surface area contributed by atoms with Crippen LogP contribution in [0.5, 0.6) is 0 Å². The zero-order valence-corrected chi connectivity index (χ0v) is 11.4. The molecule has 0 aliphatic carbocycles. The Bertz CT molecular complexity index is 674. The van der Waals surface area contributed by atoms with Gasteiger partial charge in [-0.3, -0.25) is 0 Å². The summed E-state index contributed by atoms with van der Waals surface area (Å²) in [6.07, 6.45) is 2.04. The van der Waals surface area contributed by atoms with Crippen molar-refractivity contribution in [3.63, 3.8) is 0 Å². The first-order chi connectivity index (χ1) is 9.24. The van der Waals surface area contributed by atoms with E-state index in [1.54, 1.807) is 0 Å². The van der Waals surface area contributed by atoms with Gasteiger partial charge in [-0.05, 0) is 23.1 Å². The molecule has 0 aliphatic heterocycles. The summed E-state index contributed by atoms with van der Waals surface area (Å²) < 4.78 is 2.25. The molecule has 1 heterocycles. The number of rotatable bonds is 3. The Morgan fingerprint density at radius 1 is 1.00 bits per heavy atom. The van der Waals surface area contributed by atoms with Crippen LogP contribution in [0.25, 0.3) is 10.9 Å². The molecule has 0 saturated carbocycles. The third-order valence-electron chi connectivity index (χ3n) is 3.59. The second kappa shape index (κ2) is 4.93. The summed E-state index contributed by atoms with van der Waals surface area (Å²) in [5.74, 6) is 0.592. The lowest BCUT2D eigenvalue weighted by molar-refractivity contribution is 0.828. The van der Waals surface area contributed by atoms with Gasteiger partial charge in [-0.25, -0.2) is 0 Å². The van der Waals surface area contributed by atoms with Crippen molar-refractivity contribution in [1.29, 1.82) is 0 Å². The fourth-order valence-electron chi connectivity index (χ4n) is 2.40. The standard InChI is InChI=1S/C18H18N/c1-14(2)16-9-7-15(8-10-16)13-19-12-11-17-5-3-4-6-18(17)19/h3-10,12,14H,13H2,1-2H3. The molecule has 0 aliphatic rings. The Kier molecular flexibility index (Phi) is 3.12. The van der Waals surface area contributed by atoms with Gasteiger partial charge in [-0.15, -0.1) is 0 Å². The number of fused-ring (bicyclic) bond motifs is 1. The van der Waals surface area contributed by atoms with Gasteiger partial charge in [0.15, 0.2) is 0 Å². The first-order valence-electron chi connectivity index (χ1n) is 6.78. The van der Waals surface area contributed by atoms with Gasteiger partial charge in [0.25, 0.3) is 0 Å². The van der Waals surface area contributed by atoms with E-state index >= 15 is 0 Å². The summed E-state index contributed by atoms with van der Waals surface area (Å²) >= 11 is 0. The fourth-order valence-corrected chi connectivity index (χ4v) is 2.40. The zero-order valence-electron chi connectivity index (χ0n) is 11.4. The summed E-state index contributed by atoms with van der Waals surface area (Å²) in [5, 5.41) is 1.18. The molecule has 0 amide bonds. The van der Waals surface area contributed by atoms with Crippen molar-refractivity contribution in [2.24, 2.45) is 0 Å². The van der Waals surface area contributed by atoms with Gasteiger partial charge >= 0.3 is 0 Å². The monoisotopic (exact) mass is 248 g/mol. The molecule has 95 valence electrons. The van der Waals surface area contributed by atoms with Crippen LogP contribution in [0.15, 0.2) is 54.7 Å². The molecule has 0 bridgehead atoms. The van der Waals surface area contributed by atoms with E-state index in [9.17, 15) is 0 Å². The Labute approximate surface area is 114 Å². The molecular formula is C18H18N. The van der Waals surface area contributed by atoms with Crippen LogP contribution >= 0.6 is 0 Å². The molecule has 3 aromatic rings. The largest absolute Gasteiger partial charge is 0.342 e. The van der Waals surface area contributed by atoms with Gasteiger partial charge in [0.05, 0.1) is 0 Å². The minimum absolute atomic E-state index is 0.592. The number of nitrogens with zero attached hydrogens (tertiary/aromatic N) is 1. The SMILES string of the molecule is CC(C)c1ccc(Cn2c[c]c3ccccc32)cc1. The van der Waals surface area contributed by atoms with Gasteiger partial charge < -0.3 is 4.57 Å². The molecule has 0 N–H and O–H groups in total. The molecule has 1 nitrogen and oxygen atoms in total. The average molecular weight is 248 g/mol. The van der Waals surface area contributed by atoms with Gasteiger partial charge in [0, 0.05) is 29.7 Å². The lowest BCUT2D eigenvalue weighted by atomic mass is 10.0. The van der Waals surface area contributed by atoms with Crippen LogP contribution in [0.3, 0.4) is 0 Å². The normalized spacial score (nSPS) is 11.3. The number of aromatic nitrogens is 1. The molecule has 3 rings (SSSR count). The highest BCUT2D eigenvalue weighted by Gasteiger charge is 2.02. The highest BCUT2D eigenvalue weighted by Crippen LogP contribution is 2.18. The van der Waals surface area contributed by atoms with E-state index in [-0.39, 0.29) is 0 Å². The first kappa shape index (κ1) is 12.0. The Morgan fingerprint density at radius 3 is 2.47 bits per heavy atom. The zero-order chi connectivity index (χ0) is 13.2. The maximum absolute atomic E-state index is 3.30. The van der Waals surface area contributed by atoms with E-state index in [1.165, 1.54) is 22.0 Å². The van der Waals surface area contributed by atoms with Crippen LogP contribution in [0.2, 0.25) is 0 Å². The smallest absolute Gasteiger partial charge is 0.0489 e. The maximum Gasteiger partial charge on any atom is 0.0489 e. The fraction of sp³-hybridized carbons (Fsp3) is 0.222. The van der Waals surface area contributed by atoms with Crippen molar-refractivity contribution in [3.05, 3.63) is 71.9 Å². The number of para-hydroxylation sites is 1. The minimum atomic E-state index is 0.592. The third-order valence-corrected chi connectivity index (χ3v) is 3.59. The van der Waals surface area contributed by atoms with Crippen LogP contribution in [0.4, 0.5) is 0 Å². The van der Waals surface area contributed by atoms with Crippen molar-refractivity contribution >= 4 is 10.9 Å². The van der Waals surface area contributed by atoms with Crippen molar-refractivity contribution in [1.82, 2.24) is 4.57 Å². The summed E-state index contributed by atoms with van der Waals surface area (Å²) in [6, 6.07) is 20.6. The minimum Gasteiger partial charge on any atom is -0.342 e. The molecule has 0 saturated heterocycles. The van der Waals surface area contributed by atoms with Crippen LogP contribution in [-0.4, -0.2) is 4.57 Å². The van der Waals surface area contributed by atoms with Crippen LogP contribution in [0, 0.1) is 6.07 Å². The Balaban J connectivity index is 1.88. The Hall–Kier alpha value is -2.02. The van der Waals surface area contributed by atoms with Crippen LogP contribution in [-0.2, 0) is 6.54 Å². The molecule has 0 fully saturated rings. The van der Waals surface area contributed by atoms with Gasteiger partial charge in [-0.2, -0.15) is 0 Å². The topological polar surface area (TPSA) is 4.93 Å². The lowest BCUT2D eigenvalue weighted by Crippen LogP contribution is -1.98. The molecule has 1 aromatic heterocycles. The number of hydrogen-bond acceptors (Lipinski definition) is 0. The lowest BCUT2D eigenvalue weighted by Gasteiger charge is -2.08. The highest BCUT2D eigenvalue weighted by atomic mass is 14.9. The molecule has 1 radical (unpaired) electrons. The summed E-state index contributed by atoms with van der Waals surface area (Å²) in [6.45, 7) is 5.36. The molecule has 19 heavy (non-hydrogen) atoms. The number of benzene rings is 2. The van der Waals surface area contributed by atoms with Crippen LogP contribution < -0.4 is 0 Å². The second-order valence-electron chi connectivity index (χ2n) is 5.31. The molecule has 2 aromatic carbocycles. The summed E-state index contributed by atoms with van der Waals surface area (Å²) in [7, 11) is 0. The van der Waals surface area contributed by atoms with E-state index in [2.05, 4.69) is 73.0 Å². The van der Waals surface area contributed by atoms with Gasteiger partial charge in [-0.1, -0.05) is 56.3 Å². The molecule has 1 heteroatoms. The van der Waals surface area contributed by atoms with Crippen molar-refractivity contribution in [2.45, 2.75) is 26.3 Å². The van der Waals surface area contributed by atoms with Gasteiger partial charge in [0.2, 0.25) is 0 Å². The molecule has 0 unspecified atom stereocenters. The van der Waals surface area contributed by atoms with E-state index in [4.69, 9.17) is 0 Å². The third kappa shape index (κ3) is 2.41. The van der Waals surface area contributed by atoms with E-state index in [0.29, 0.717) is 5.92 Å². The summed E-state index contributed by atoms with van der Waals surface area (Å²) in [5.41, 5.74) is 3.97. The van der Waals surface area contributed by atoms with E-state index in [0.717, 1.165) is 6.54 Å². The highest BCUT2D eigenvalue weighted by molar-refractivity contribution is 5.79. The predicted octanol–water partition coefficient (Wildman–Crippen LogP) is 4.61. The molecular weight excluding hydrogens is 230 g/mol.